The van der Waals surface area contributed by atoms with E-state index in [1.807, 2.05) is 0 Å². The van der Waals surface area contributed by atoms with Crippen molar-refractivity contribution >= 4 is 17.5 Å². The van der Waals surface area contributed by atoms with Crippen molar-refractivity contribution in [2.75, 3.05) is 11.1 Å². The van der Waals surface area contributed by atoms with Crippen LogP contribution >= 0.6 is 0 Å². The number of rotatable bonds is 7. The summed E-state index contributed by atoms with van der Waals surface area (Å²) in [7, 11) is 1.76. The van der Waals surface area contributed by atoms with E-state index in [1.54, 1.807) is 36.4 Å². The summed E-state index contributed by atoms with van der Waals surface area (Å²) in [5.41, 5.74) is 5.78. The number of nitrogens with two attached hydrogens (primary N) is 1. The molecule has 37 heavy (non-hydrogen) atoms. The van der Waals surface area contributed by atoms with Crippen LogP contribution in [-0.2, 0) is 30.1 Å². The average molecular weight is 515 g/mol. The van der Waals surface area contributed by atoms with Gasteiger partial charge in [0.25, 0.3) is 0 Å². The van der Waals surface area contributed by atoms with Crippen LogP contribution in [0.4, 0.5) is 29.2 Å². The number of nitrogens with one attached hydrogen (secondary N) is 1. The summed E-state index contributed by atoms with van der Waals surface area (Å²) in [6.07, 6.45) is 0.305. The Balaban J connectivity index is 1.22. The maximum Gasteiger partial charge on any atom is 0.401 e. The number of hydrogen-bond donors (Lipinski definition) is 2. The number of nitrogen functional groups attached to an aromatic ring is 1. The number of halogens is 4. The second kappa shape index (κ2) is 8.98. The predicted molar refractivity (Wildman–Crippen MR) is 124 cm³/mol. The van der Waals surface area contributed by atoms with Crippen molar-refractivity contribution in [3.05, 3.63) is 71.4 Å². The minimum absolute atomic E-state index is 0.0937. The number of benzene rings is 1. The van der Waals surface area contributed by atoms with Crippen molar-refractivity contribution in [2.24, 2.45) is 7.05 Å². The molecule has 192 valence electrons. The molecule has 0 bridgehead atoms. The lowest BCUT2D eigenvalue weighted by Crippen LogP contribution is -2.28. The van der Waals surface area contributed by atoms with Crippen molar-refractivity contribution in [3.8, 4) is 11.1 Å². The van der Waals surface area contributed by atoms with Crippen LogP contribution in [0.3, 0.4) is 0 Å². The van der Waals surface area contributed by atoms with E-state index < -0.39 is 23.3 Å². The van der Waals surface area contributed by atoms with E-state index in [-0.39, 0.29) is 36.4 Å². The standard InChI is InChI=1S/C24H21F4N7O2/c1-35-12-15(22(29)33-35)7-19-30-10-16(11-31-19)13-2-3-14(17(25)6-13)8-21(36)32-20-9-18(37-34-20)23(4-5-23)24(26,27)28/h2-3,6,9-12H,4-5,7-8H2,1H3,(H2,29,33)(H,32,34,36). The van der Waals surface area contributed by atoms with Crippen molar-refractivity contribution in [1.29, 1.82) is 0 Å². The molecule has 1 saturated carbocycles. The maximum atomic E-state index is 14.7. The van der Waals surface area contributed by atoms with Gasteiger partial charge < -0.3 is 15.6 Å². The van der Waals surface area contributed by atoms with Crippen molar-refractivity contribution in [1.82, 2.24) is 24.9 Å². The molecule has 1 amide bonds. The van der Waals surface area contributed by atoms with Crippen LogP contribution in [0.2, 0.25) is 0 Å². The highest BCUT2D eigenvalue weighted by atomic mass is 19.4. The Morgan fingerprint density at radius 3 is 2.49 bits per heavy atom. The molecule has 0 spiro atoms. The number of aromatic nitrogens is 5. The van der Waals surface area contributed by atoms with Gasteiger partial charge in [-0.05, 0) is 30.0 Å². The van der Waals surface area contributed by atoms with Gasteiger partial charge in [0.15, 0.2) is 11.6 Å². The highest BCUT2D eigenvalue weighted by molar-refractivity contribution is 5.91. The monoisotopic (exact) mass is 515 g/mol. The minimum Gasteiger partial charge on any atom is -0.382 e. The average Bonchev–Trinajstić information content (AvgIpc) is 3.44. The first-order valence-electron chi connectivity index (χ1n) is 11.3. The van der Waals surface area contributed by atoms with Gasteiger partial charge in [0.2, 0.25) is 5.91 Å². The second-order valence-corrected chi connectivity index (χ2v) is 8.97. The van der Waals surface area contributed by atoms with Crippen LogP contribution < -0.4 is 11.1 Å². The number of hydrogen-bond acceptors (Lipinski definition) is 7. The summed E-state index contributed by atoms with van der Waals surface area (Å²) in [5, 5.41) is 9.94. The van der Waals surface area contributed by atoms with Crippen LogP contribution in [0.1, 0.15) is 35.6 Å². The number of carbonyl (C=O) groups excluding carboxylic acids is 1. The Bertz CT molecular complexity index is 1460. The molecule has 3 heterocycles. The molecule has 13 heteroatoms. The lowest BCUT2D eigenvalue weighted by atomic mass is 10.0. The van der Waals surface area contributed by atoms with Crippen LogP contribution in [0.15, 0.2) is 47.4 Å². The molecular formula is C24H21F4N7O2. The van der Waals surface area contributed by atoms with E-state index in [0.29, 0.717) is 29.2 Å². The molecule has 1 aliphatic carbocycles. The molecule has 1 fully saturated rings. The number of nitrogens with zero attached hydrogens (tertiary/aromatic N) is 5. The smallest absolute Gasteiger partial charge is 0.382 e. The molecule has 0 unspecified atom stereocenters. The normalized spacial score (nSPS) is 14.5. The molecule has 0 saturated heterocycles. The number of carbonyl (C=O) groups is 1. The SMILES string of the molecule is Cn1cc(Cc2ncc(-c3ccc(CC(=O)Nc4cc(C5(C(F)(F)F)CC5)on4)c(F)c3)cn2)c(N)n1. The Labute approximate surface area is 207 Å². The van der Waals surface area contributed by atoms with Crippen molar-refractivity contribution in [3.63, 3.8) is 0 Å². The fourth-order valence-electron chi connectivity index (χ4n) is 4.04. The third-order valence-corrected chi connectivity index (χ3v) is 6.27. The number of amides is 1. The zero-order valence-electron chi connectivity index (χ0n) is 19.5. The highest BCUT2D eigenvalue weighted by Crippen LogP contribution is 2.59. The molecule has 9 nitrogen and oxygen atoms in total. The Morgan fingerprint density at radius 2 is 1.89 bits per heavy atom. The lowest BCUT2D eigenvalue weighted by Gasteiger charge is -2.14. The quantitative estimate of drug-likeness (QED) is 0.357. The van der Waals surface area contributed by atoms with E-state index in [9.17, 15) is 22.4 Å². The Kier molecular flexibility index (Phi) is 5.92. The molecule has 0 atom stereocenters. The second-order valence-electron chi connectivity index (χ2n) is 8.97. The molecule has 1 aliphatic rings. The number of anilines is 2. The van der Waals surface area contributed by atoms with Gasteiger partial charge in [-0.25, -0.2) is 14.4 Å². The zero-order chi connectivity index (χ0) is 26.4. The first-order valence-corrected chi connectivity index (χ1v) is 11.3. The number of aryl methyl sites for hydroxylation is 1. The molecule has 0 aliphatic heterocycles. The first-order chi connectivity index (χ1) is 17.5. The summed E-state index contributed by atoms with van der Waals surface area (Å²) in [6.45, 7) is 0. The predicted octanol–water partition coefficient (Wildman–Crippen LogP) is 3.95. The maximum absolute atomic E-state index is 14.7. The fourth-order valence-corrected chi connectivity index (χ4v) is 4.04. The minimum atomic E-state index is -4.46. The topological polar surface area (TPSA) is 125 Å². The molecule has 0 radical (unpaired) electrons. The summed E-state index contributed by atoms with van der Waals surface area (Å²) in [4.78, 5) is 21.0. The van der Waals surface area contributed by atoms with Crippen molar-refractivity contribution in [2.45, 2.75) is 37.3 Å². The molecule has 1 aromatic carbocycles. The van der Waals surface area contributed by atoms with Gasteiger partial charge in [-0.15, -0.1) is 0 Å². The molecule has 3 N–H and O–H groups in total. The third kappa shape index (κ3) is 4.88. The van der Waals surface area contributed by atoms with Crippen LogP contribution in [0.5, 0.6) is 0 Å². The summed E-state index contributed by atoms with van der Waals surface area (Å²) in [5.74, 6) is -0.855. The largest absolute Gasteiger partial charge is 0.401 e. The van der Waals surface area contributed by atoms with E-state index in [4.69, 9.17) is 10.3 Å². The fraction of sp³-hybridized carbons (Fsp3) is 0.292. The first kappa shape index (κ1) is 24.4. The van der Waals surface area contributed by atoms with E-state index in [2.05, 4.69) is 25.5 Å². The zero-order valence-corrected chi connectivity index (χ0v) is 19.5. The summed E-state index contributed by atoms with van der Waals surface area (Å²) >= 11 is 0. The van der Waals surface area contributed by atoms with Gasteiger partial charge in [0, 0.05) is 49.3 Å². The Hall–Kier alpha value is -4.29. The lowest BCUT2D eigenvalue weighted by molar-refractivity contribution is -0.165. The van der Waals surface area contributed by atoms with Gasteiger partial charge >= 0.3 is 6.18 Å². The van der Waals surface area contributed by atoms with E-state index in [0.717, 1.165) is 11.6 Å². The summed E-state index contributed by atoms with van der Waals surface area (Å²) < 4.78 is 60.9. The van der Waals surface area contributed by atoms with Gasteiger partial charge in [-0.3, -0.25) is 9.48 Å². The summed E-state index contributed by atoms with van der Waals surface area (Å²) in [6, 6.07) is 5.39. The van der Waals surface area contributed by atoms with Crippen molar-refractivity contribution < 1.29 is 26.9 Å². The number of alkyl halides is 3. The van der Waals surface area contributed by atoms with E-state index >= 15 is 0 Å². The van der Waals surface area contributed by atoms with Gasteiger partial charge in [0.1, 0.15) is 22.9 Å². The van der Waals surface area contributed by atoms with E-state index in [1.165, 1.54) is 12.1 Å². The molecule has 4 aromatic rings. The molecular weight excluding hydrogens is 494 g/mol. The van der Waals surface area contributed by atoms with Crippen LogP contribution in [-0.4, -0.2) is 37.0 Å². The molecule has 5 rings (SSSR count). The van der Waals surface area contributed by atoms with Crippen LogP contribution in [0.25, 0.3) is 11.1 Å². The molecule has 3 aromatic heterocycles. The highest BCUT2D eigenvalue weighted by Gasteiger charge is 2.66. The van der Waals surface area contributed by atoms with Gasteiger partial charge in [0.05, 0.1) is 6.42 Å². The van der Waals surface area contributed by atoms with Gasteiger partial charge in [-0.2, -0.15) is 18.3 Å². The van der Waals surface area contributed by atoms with Crippen LogP contribution in [0, 0.1) is 5.82 Å². The Morgan fingerprint density at radius 1 is 1.16 bits per heavy atom. The van der Waals surface area contributed by atoms with Gasteiger partial charge in [-0.1, -0.05) is 17.3 Å². The third-order valence-electron chi connectivity index (χ3n) is 6.27.